The Morgan fingerprint density at radius 3 is 2.12 bits per heavy atom. The van der Waals surface area contributed by atoms with Gasteiger partial charge in [-0.1, -0.05) is 13.8 Å². The van der Waals surface area contributed by atoms with Crippen LogP contribution in [0.25, 0.3) is 0 Å². The molecule has 0 aliphatic carbocycles. The van der Waals surface area contributed by atoms with Crippen molar-refractivity contribution in [1.82, 2.24) is 19.4 Å². The molecule has 3 aromatic rings. The molecule has 3 heterocycles. The second kappa shape index (κ2) is 9.69. The first-order chi connectivity index (χ1) is 15.6. The van der Waals surface area contributed by atoms with Crippen LogP contribution in [0.1, 0.15) is 56.1 Å². The molecule has 0 saturated heterocycles. The molecule has 4 amide bonds. The molecule has 0 aliphatic rings. The van der Waals surface area contributed by atoms with E-state index in [2.05, 4.69) is 26.3 Å². The molecule has 0 atom stereocenters. The van der Waals surface area contributed by atoms with Gasteiger partial charge in [0.15, 0.2) is 5.13 Å². The summed E-state index contributed by atoms with van der Waals surface area (Å²) < 4.78 is 3.16. The third kappa shape index (κ3) is 5.12. The van der Waals surface area contributed by atoms with E-state index in [-0.39, 0.29) is 11.8 Å². The van der Waals surface area contributed by atoms with Gasteiger partial charge in [-0.2, -0.15) is 0 Å². The van der Waals surface area contributed by atoms with Crippen molar-refractivity contribution < 1.29 is 19.2 Å². The minimum atomic E-state index is -0.429. The number of amides is 4. The van der Waals surface area contributed by atoms with Crippen molar-refractivity contribution in [2.75, 3.05) is 23.0 Å². The van der Waals surface area contributed by atoms with Crippen molar-refractivity contribution in [3.05, 3.63) is 46.5 Å². The molecule has 0 radical (unpaired) electrons. The van der Waals surface area contributed by atoms with Gasteiger partial charge in [0.2, 0.25) is 6.41 Å². The smallest absolute Gasteiger partial charge is 0.274 e. The van der Waals surface area contributed by atoms with Gasteiger partial charge in [0.25, 0.3) is 17.7 Å². The zero-order valence-electron chi connectivity index (χ0n) is 18.8. The second-order valence-corrected chi connectivity index (χ2v) is 8.62. The van der Waals surface area contributed by atoms with Gasteiger partial charge in [-0.15, -0.1) is 11.3 Å². The maximum atomic E-state index is 12.8. The fourth-order valence-electron chi connectivity index (χ4n) is 3.21. The van der Waals surface area contributed by atoms with E-state index in [0.29, 0.717) is 40.0 Å². The standard InChI is InChI=1S/C21H25N7O4S/c1-11(2)17-16(20(32)22-3)25-21(33-17)26-19(31)15-7-13(9-28(15)5)24-18(30)14-6-12(23-10-29)8-27(14)4/h6-11H,1-5H3,(H,22,32)(H,23,29)(H,24,30)(H,25,26,31). The van der Waals surface area contributed by atoms with Gasteiger partial charge in [-0.3, -0.25) is 24.5 Å². The van der Waals surface area contributed by atoms with E-state index >= 15 is 0 Å². The average molecular weight is 472 g/mol. The number of hydrogen-bond acceptors (Lipinski definition) is 6. The maximum absolute atomic E-state index is 12.8. The Hall–Kier alpha value is -3.93. The number of rotatable bonds is 8. The number of aryl methyl sites for hydroxylation is 2. The topological polar surface area (TPSA) is 139 Å². The first-order valence-corrected chi connectivity index (χ1v) is 10.8. The normalized spacial score (nSPS) is 10.7. The number of nitrogens with zero attached hydrogens (tertiary/aromatic N) is 3. The lowest BCUT2D eigenvalue weighted by molar-refractivity contribution is -0.105. The molecular weight excluding hydrogens is 446 g/mol. The van der Waals surface area contributed by atoms with Gasteiger partial charge in [0.1, 0.15) is 17.1 Å². The fraction of sp³-hybridized carbons (Fsp3) is 0.286. The van der Waals surface area contributed by atoms with Gasteiger partial charge in [-0.05, 0) is 18.1 Å². The highest BCUT2D eigenvalue weighted by Crippen LogP contribution is 2.30. The SMILES string of the molecule is CNC(=O)c1nc(NC(=O)c2cc(NC(=O)c3cc(NC=O)cn3C)cn2C)sc1C(C)C. The van der Waals surface area contributed by atoms with Crippen LogP contribution in [0.2, 0.25) is 0 Å². The molecule has 0 fully saturated rings. The van der Waals surface area contributed by atoms with E-state index in [4.69, 9.17) is 0 Å². The Labute approximate surface area is 194 Å². The average Bonchev–Trinajstić information content (AvgIpc) is 3.44. The molecular formula is C21H25N7O4S. The lowest BCUT2D eigenvalue weighted by atomic mass is 10.1. The van der Waals surface area contributed by atoms with Gasteiger partial charge in [0.05, 0.1) is 11.4 Å². The van der Waals surface area contributed by atoms with Crippen LogP contribution >= 0.6 is 11.3 Å². The van der Waals surface area contributed by atoms with Crippen LogP contribution in [0.15, 0.2) is 24.5 Å². The predicted octanol–water partition coefficient (Wildman–Crippen LogP) is 2.38. The summed E-state index contributed by atoms with van der Waals surface area (Å²) in [6, 6.07) is 3.08. The van der Waals surface area contributed by atoms with Crippen LogP contribution < -0.4 is 21.3 Å². The van der Waals surface area contributed by atoms with Crippen LogP contribution in [-0.4, -0.2) is 45.3 Å². The summed E-state index contributed by atoms with van der Waals surface area (Å²) in [6.07, 6.45) is 3.75. The van der Waals surface area contributed by atoms with Gasteiger partial charge in [0, 0.05) is 38.4 Å². The number of nitrogens with one attached hydrogen (secondary N) is 4. The lowest BCUT2D eigenvalue weighted by Gasteiger charge is -2.03. The van der Waals surface area contributed by atoms with E-state index in [1.807, 2.05) is 13.8 Å². The molecule has 0 spiro atoms. The first-order valence-electron chi connectivity index (χ1n) is 10.0. The molecule has 0 unspecified atom stereocenters. The molecule has 33 heavy (non-hydrogen) atoms. The van der Waals surface area contributed by atoms with Gasteiger partial charge in [-0.25, -0.2) is 4.98 Å². The van der Waals surface area contributed by atoms with Crippen LogP contribution in [0, 0.1) is 0 Å². The number of anilines is 3. The summed E-state index contributed by atoms with van der Waals surface area (Å²) in [5.41, 5.74) is 1.83. The van der Waals surface area contributed by atoms with Gasteiger partial charge >= 0.3 is 0 Å². The minimum Gasteiger partial charge on any atom is -0.354 e. The number of aromatic nitrogens is 3. The molecule has 12 heteroatoms. The number of carbonyl (C=O) groups is 4. The molecule has 11 nitrogen and oxygen atoms in total. The molecule has 0 saturated carbocycles. The molecule has 0 bridgehead atoms. The van der Waals surface area contributed by atoms with Gasteiger partial charge < -0.3 is 25.1 Å². The van der Waals surface area contributed by atoms with Crippen molar-refractivity contribution >= 4 is 52.0 Å². The van der Waals surface area contributed by atoms with Crippen LogP contribution in [0.4, 0.5) is 16.5 Å². The predicted molar refractivity (Wildman–Crippen MR) is 126 cm³/mol. The van der Waals surface area contributed by atoms with E-state index in [9.17, 15) is 19.2 Å². The second-order valence-electron chi connectivity index (χ2n) is 7.59. The Balaban J connectivity index is 1.76. The van der Waals surface area contributed by atoms with Crippen LogP contribution in [0.3, 0.4) is 0 Å². The summed E-state index contributed by atoms with van der Waals surface area (Å²) in [6.45, 7) is 3.89. The van der Waals surface area contributed by atoms with Crippen LogP contribution in [0.5, 0.6) is 0 Å². The molecule has 4 N–H and O–H groups in total. The van der Waals surface area contributed by atoms with E-state index in [0.717, 1.165) is 4.88 Å². The zero-order valence-corrected chi connectivity index (χ0v) is 19.7. The van der Waals surface area contributed by atoms with E-state index in [1.165, 1.54) is 24.5 Å². The molecule has 174 valence electrons. The summed E-state index contributed by atoms with van der Waals surface area (Å²) in [5.74, 6) is -1.07. The summed E-state index contributed by atoms with van der Waals surface area (Å²) in [7, 11) is 4.89. The highest BCUT2D eigenvalue weighted by atomic mass is 32.1. The maximum Gasteiger partial charge on any atom is 0.274 e. The van der Waals surface area contributed by atoms with Crippen molar-refractivity contribution in [2.45, 2.75) is 19.8 Å². The number of thiazole rings is 1. The molecule has 3 rings (SSSR count). The minimum absolute atomic E-state index is 0.0667. The third-order valence-corrected chi connectivity index (χ3v) is 6.07. The fourth-order valence-corrected chi connectivity index (χ4v) is 4.17. The quantitative estimate of drug-likeness (QED) is 0.374. The Morgan fingerprint density at radius 2 is 1.55 bits per heavy atom. The van der Waals surface area contributed by atoms with Crippen molar-refractivity contribution in [2.24, 2.45) is 14.1 Å². The van der Waals surface area contributed by atoms with Crippen molar-refractivity contribution in [3.63, 3.8) is 0 Å². The number of hydrogen-bond donors (Lipinski definition) is 4. The Morgan fingerprint density at radius 1 is 0.970 bits per heavy atom. The van der Waals surface area contributed by atoms with Crippen molar-refractivity contribution in [1.29, 1.82) is 0 Å². The molecule has 0 aliphatic heterocycles. The summed E-state index contributed by atoms with van der Waals surface area (Å²) in [4.78, 5) is 53.2. The lowest BCUT2D eigenvalue weighted by Crippen LogP contribution is -2.20. The molecule has 3 aromatic heterocycles. The Kier molecular flexibility index (Phi) is 6.97. The van der Waals surface area contributed by atoms with Crippen LogP contribution in [-0.2, 0) is 18.9 Å². The van der Waals surface area contributed by atoms with Crippen molar-refractivity contribution in [3.8, 4) is 0 Å². The largest absolute Gasteiger partial charge is 0.354 e. The monoisotopic (exact) mass is 471 g/mol. The summed E-state index contributed by atoms with van der Waals surface area (Å²) in [5, 5.41) is 10.8. The highest BCUT2D eigenvalue weighted by Gasteiger charge is 2.22. The third-order valence-electron chi connectivity index (χ3n) is 4.80. The summed E-state index contributed by atoms with van der Waals surface area (Å²) >= 11 is 1.25. The highest BCUT2D eigenvalue weighted by molar-refractivity contribution is 7.16. The molecule has 0 aromatic carbocycles. The van der Waals surface area contributed by atoms with E-state index in [1.54, 1.807) is 41.7 Å². The van der Waals surface area contributed by atoms with E-state index < -0.39 is 11.8 Å². The Bertz CT molecular complexity index is 1220. The first kappa shape index (κ1) is 23.7. The number of carbonyl (C=O) groups excluding carboxylic acids is 4. The zero-order chi connectivity index (χ0) is 24.3.